The van der Waals surface area contributed by atoms with Gasteiger partial charge in [-0.1, -0.05) is 13.8 Å². The van der Waals surface area contributed by atoms with Crippen LogP contribution in [-0.2, 0) is 16.6 Å². The standard InChI is InChI=1S/C12H19N3O3/c1-8(2)7-9(12(17)18-4)14-10-11(16)15(3)6-5-13-10/h5-6,8-9H,7H2,1-4H3,(H,13,14). The van der Waals surface area contributed by atoms with Gasteiger partial charge in [-0.3, -0.25) is 4.79 Å². The number of rotatable bonds is 5. The molecule has 18 heavy (non-hydrogen) atoms. The fourth-order valence-corrected chi connectivity index (χ4v) is 1.59. The van der Waals surface area contributed by atoms with Gasteiger partial charge >= 0.3 is 5.97 Å². The highest BCUT2D eigenvalue weighted by molar-refractivity contribution is 5.78. The Kier molecular flexibility index (Phi) is 4.88. The lowest BCUT2D eigenvalue weighted by Crippen LogP contribution is -2.35. The summed E-state index contributed by atoms with van der Waals surface area (Å²) in [6.07, 6.45) is 3.64. The van der Waals surface area contributed by atoms with Crippen LogP contribution in [0.4, 0.5) is 5.82 Å². The molecule has 0 bridgehead atoms. The van der Waals surface area contributed by atoms with Crippen LogP contribution in [-0.4, -0.2) is 28.7 Å². The van der Waals surface area contributed by atoms with E-state index in [2.05, 4.69) is 10.3 Å². The van der Waals surface area contributed by atoms with Crippen molar-refractivity contribution in [3.05, 3.63) is 22.7 Å². The van der Waals surface area contributed by atoms with E-state index < -0.39 is 12.0 Å². The number of esters is 1. The van der Waals surface area contributed by atoms with Crippen molar-refractivity contribution < 1.29 is 9.53 Å². The number of methoxy groups -OCH3 is 1. The van der Waals surface area contributed by atoms with Gasteiger partial charge in [-0.15, -0.1) is 0 Å². The second-order valence-electron chi connectivity index (χ2n) is 4.54. The van der Waals surface area contributed by atoms with Gasteiger partial charge in [0, 0.05) is 19.4 Å². The van der Waals surface area contributed by atoms with Gasteiger partial charge in [-0.25, -0.2) is 9.78 Å². The minimum Gasteiger partial charge on any atom is -0.467 e. The second-order valence-corrected chi connectivity index (χ2v) is 4.54. The van der Waals surface area contributed by atoms with Crippen molar-refractivity contribution in [3.63, 3.8) is 0 Å². The Hall–Kier alpha value is -1.85. The quantitative estimate of drug-likeness (QED) is 0.785. The summed E-state index contributed by atoms with van der Waals surface area (Å²) in [5, 5.41) is 2.85. The Bertz CT molecular complexity index is 468. The predicted octanol–water partition coefficient (Wildman–Crippen LogP) is 0.780. The van der Waals surface area contributed by atoms with Crippen LogP contribution in [0.3, 0.4) is 0 Å². The van der Waals surface area contributed by atoms with Crippen LogP contribution in [0.2, 0.25) is 0 Å². The van der Waals surface area contributed by atoms with E-state index in [0.717, 1.165) is 0 Å². The zero-order chi connectivity index (χ0) is 13.7. The first-order valence-corrected chi connectivity index (χ1v) is 5.81. The van der Waals surface area contributed by atoms with E-state index in [1.165, 1.54) is 17.9 Å². The van der Waals surface area contributed by atoms with Crippen molar-refractivity contribution in [1.29, 1.82) is 0 Å². The molecule has 1 rings (SSSR count). The molecule has 1 aromatic heterocycles. The van der Waals surface area contributed by atoms with Crippen LogP contribution < -0.4 is 10.9 Å². The highest BCUT2D eigenvalue weighted by atomic mass is 16.5. The van der Waals surface area contributed by atoms with Crippen molar-refractivity contribution in [3.8, 4) is 0 Å². The molecule has 0 radical (unpaired) electrons. The zero-order valence-electron chi connectivity index (χ0n) is 11.1. The van der Waals surface area contributed by atoms with Gasteiger partial charge in [-0.05, 0) is 12.3 Å². The molecule has 0 fully saturated rings. The maximum Gasteiger partial charge on any atom is 0.328 e. The molecule has 0 saturated heterocycles. The average molecular weight is 253 g/mol. The Morgan fingerprint density at radius 1 is 1.56 bits per heavy atom. The van der Waals surface area contributed by atoms with Crippen molar-refractivity contribution in [2.75, 3.05) is 12.4 Å². The van der Waals surface area contributed by atoms with Gasteiger partial charge < -0.3 is 14.6 Å². The number of hydrogen-bond acceptors (Lipinski definition) is 5. The number of aryl methyl sites for hydroxylation is 1. The molecule has 6 nitrogen and oxygen atoms in total. The van der Waals surface area contributed by atoms with E-state index in [-0.39, 0.29) is 11.4 Å². The molecule has 100 valence electrons. The van der Waals surface area contributed by atoms with E-state index >= 15 is 0 Å². The SMILES string of the molecule is COC(=O)C(CC(C)C)Nc1nccn(C)c1=O. The monoisotopic (exact) mass is 253 g/mol. The lowest BCUT2D eigenvalue weighted by Gasteiger charge is -2.18. The van der Waals surface area contributed by atoms with E-state index in [9.17, 15) is 9.59 Å². The number of ether oxygens (including phenoxy) is 1. The van der Waals surface area contributed by atoms with Crippen molar-refractivity contribution in [2.24, 2.45) is 13.0 Å². The summed E-state index contributed by atoms with van der Waals surface area (Å²) in [4.78, 5) is 27.4. The fraction of sp³-hybridized carbons (Fsp3) is 0.583. The summed E-state index contributed by atoms with van der Waals surface area (Å²) in [6, 6.07) is -0.558. The Morgan fingerprint density at radius 2 is 2.22 bits per heavy atom. The molecular formula is C12H19N3O3. The molecule has 0 spiro atoms. The lowest BCUT2D eigenvalue weighted by molar-refractivity contribution is -0.141. The molecule has 0 aliphatic heterocycles. The summed E-state index contributed by atoms with van der Waals surface area (Å²) in [6.45, 7) is 3.99. The summed E-state index contributed by atoms with van der Waals surface area (Å²) in [5.41, 5.74) is -0.268. The maximum atomic E-state index is 11.8. The molecule has 0 amide bonds. The van der Waals surface area contributed by atoms with Gasteiger partial charge in [0.05, 0.1) is 7.11 Å². The molecule has 0 aliphatic carbocycles. The number of carbonyl (C=O) groups excluding carboxylic acids is 1. The first-order chi connectivity index (χ1) is 8.45. The van der Waals surface area contributed by atoms with Crippen molar-refractivity contribution in [1.82, 2.24) is 9.55 Å². The van der Waals surface area contributed by atoms with E-state index in [1.807, 2.05) is 13.8 Å². The van der Waals surface area contributed by atoms with Crippen molar-refractivity contribution in [2.45, 2.75) is 26.3 Å². The number of hydrogen-bond donors (Lipinski definition) is 1. The third kappa shape index (κ3) is 3.58. The minimum atomic E-state index is -0.558. The highest BCUT2D eigenvalue weighted by Crippen LogP contribution is 2.09. The van der Waals surface area contributed by atoms with E-state index in [1.54, 1.807) is 13.2 Å². The fourth-order valence-electron chi connectivity index (χ4n) is 1.59. The summed E-state index contributed by atoms with van der Waals surface area (Å²) in [7, 11) is 2.96. The van der Waals surface area contributed by atoms with Crippen LogP contribution in [0.5, 0.6) is 0 Å². The Labute approximate surface area is 106 Å². The van der Waals surface area contributed by atoms with Crippen LogP contribution in [0.25, 0.3) is 0 Å². The first kappa shape index (κ1) is 14.2. The van der Waals surface area contributed by atoms with Gasteiger partial charge in [0.2, 0.25) is 0 Å². The van der Waals surface area contributed by atoms with Crippen LogP contribution in [0.15, 0.2) is 17.2 Å². The summed E-state index contributed by atoms with van der Waals surface area (Å²) in [5.74, 6) is 0.0709. The number of nitrogens with one attached hydrogen (secondary N) is 1. The molecule has 1 aromatic rings. The highest BCUT2D eigenvalue weighted by Gasteiger charge is 2.21. The predicted molar refractivity (Wildman–Crippen MR) is 68.4 cm³/mol. The topological polar surface area (TPSA) is 73.2 Å². The summed E-state index contributed by atoms with van der Waals surface area (Å²) >= 11 is 0. The molecule has 1 atom stereocenters. The van der Waals surface area contributed by atoms with Gasteiger partial charge in [0.25, 0.3) is 5.56 Å². The molecule has 1 heterocycles. The number of aromatic nitrogens is 2. The molecule has 1 N–H and O–H groups in total. The minimum absolute atomic E-state index is 0.163. The van der Waals surface area contributed by atoms with Crippen molar-refractivity contribution >= 4 is 11.8 Å². The van der Waals surface area contributed by atoms with E-state index in [0.29, 0.717) is 12.3 Å². The van der Waals surface area contributed by atoms with E-state index in [4.69, 9.17) is 4.74 Å². The summed E-state index contributed by atoms with van der Waals surface area (Å²) < 4.78 is 6.12. The lowest BCUT2D eigenvalue weighted by atomic mass is 10.0. The maximum absolute atomic E-state index is 11.8. The first-order valence-electron chi connectivity index (χ1n) is 5.81. The second kappa shape index (κ2) is 6.18. The van der Waals surface area contributed by atoms with Gasteiger partial charge in [-0.2, -0.15) is 0 Å². The smallest absolute Gasteiger partial charge is 0.328 e. The van der Waals surface area contributed by atoms with Crippen LogP contribution >= 0.6 is 0 Å². The van der Waals surface area contributed by atoms with Crippen LogP contribution in [0.1, 0.15) is 20.3 Å². The third-order valence-corrected chi connectivity index (χ3v) is 2.52. The zero-order valence-corrected chi connectivity index (χ0v) is 11.1. The normalized spacial score (nSPS) is 12.3. The van der Waals surface area contributed by atoms with Gasteiger partial charge in [0.15, 0.2) is 5.82 Å². The molecule has 1 unspecified atom stereocenters. The molecule has 6 heteroatoms. The molecule has 0 saturated carbocycles. The van der Waals surface area contributed by atoms with Gasteiger partial charge in [0.1, 0.15) is 6.04 Å². The number of nitrogens with zero attached hydrogens (tertiary/aromatic N) is 2. The number of carbonyl (C=O) groups is 1. The molecule has 0 aliphatic rings. The number of anilines is 1. The van der Waals surface area contributed by atoms with Crippen LogP contribution in [0, 0.1) is 5.92 Å². The third-order valence-electron chi connectivity index (χ3n) is 2.52. The molecular weight excluding hydrogens is 234 g/mol. The largest absolute Gasteiger partial charge is 0.467 e. The molecule has 0 aromatic carbocycles. The Balaban J connectivity index is 2.92. The average Bonchev–Trinajstić information content (AvgIpc) is 2.32. The Morgan fingerprint density at radius 3 is 2.78 bits per heavy atom.